The van der Waals surface area contributed by atoms with Crippen LogP contribution in [0.1, 0.15) is 20.8 Å². The number of ether oxygens (including phenoxy) is 1. The lowest BCUT2D eigenvalue weighted by atomic mass is 9.93. The Kier molecular flexibility index (Phi) is 5.72. The molecule has 0 aromatic carbocycles. The monoisotopic (exact) mass is 203 g/mol. The van der Waals surface area contributed by atoms with E-state index in [9.17, 15) is 4.79 Å². The number of carboxylic acid groups (broad SMARTS) is 1. The highest BCUT2D eigenvalue weighted by Gasteiger charge is 2.28. The molecule has 0 amide bonds. The van der Waals surface area contributed by atoms with Crippen molar-refractivity contribution in [2.75, 3.05) is 33.4 Å². The Balaban J connectivity index is 4.09. The average Bonchev–Trinajstić information content (AvgIpc) is 2.11. The fraction of sp³-hybridized carbons (Fsp3) is 0.900. The van der Waals surface area contributed by atoms with E-state index in [0.29, 0.717) is 13.2 Å². The summed E-state index contributed by atoms with van der Waals surface area (Å²) >= 11 is 0. The second-order valence-corrected chi connectivity index (χ2v) is 4.05. The van der Waals surface area contributed by atoms with Crippen LogP contribution in [0.5, 0.6) is 0 Å². The van der Waals surface area contributed by atoms with Gasteiger partial charge in [0, 0.05) is 20.2 Å². The zero-order valence-corrected chi connectivity index (χ0v) is 9.54. The van der Waals surface area contributed by atoms with E-state index in [2.05, 4.69) is 4.90 Å². The lowest BCUT2D eigenvalue weighted by Gasteiger charge is -2.28. The van der Waals surface area contributed by atoms with Crippen molar-refractivity contribution in [3.63, 3.8) is 0 Å². The number of aliphatic carboxylic acids is 1. The van der Waals surface area contributed by atoms with E-state index in [-0.39, 0.29) is 0 Å². The number of nitrogens with zero attached hydrogens (tertiary/aromatic N) is 1. The molecule has 0 saturated carbocycles. The van der Waals surface area contributed by atoms with Gasteiger partial charge in [0.05, 0.1) is 12.0 Å². The zero-order chi connectivity index (χ0) is 11.2. The first-order valence-corrected chi connectivity index (χ1v) is 4.88. The van der Waals surface area contributed by atoms with Crippen LogP contribution in [0.3, 0.4) is 0 Å². The van der Waals surface area contributed by atoms with Gasteiger partial charge in [0.25, 0.3) is 0 Å². The largest absolute Gasteiger partial charge is 0.481 e. The average molecular weight is 203 g/mol. The molecule has 0 unspecified atom stereocenters. The molecule has 0 aliphatic rings. The first-order chi connectivity index (χ1) is 6.44. The van der Waals surface area contributed by atoms with Crippen LogP contribution >= 0.6 is 0 Å². The van der Waals surface area contributed by atoms with Gasteiger partial charge < -0.3 is 14.7 Å². The Hall–Kier alpha value is -0.610. The molecule has 0 spiro atoms. The normalized spacial score (nSPS) is 12.1. The molecule has 1 N–H and O–H groups in total. The van der Waals surface area contributed by atoms with Crippen molar-refractivity contribution in [3.8, 4) is 0 Å². The van der Waals surface area contributed by atoms with Crippen molar-refractivity contribution in [2.45, 2.75) is 20.8 Å². The van der Waals surface area contributed by atoms with Crippen LogP contribution in [0, 0.1) is 5.41 Å². The highest BCUT2D eigenvalue weighted by atomic mass is 16.5. The summed E-state index contributed by atoms with van der Waals surface area (Å²) in [6.45, 7) is 8.33. The first kappa shape index (κ1) is 13.4. The van der Waals surface area contributed by atoms with E-state index >= 15 is 0 Å². The fourth-order valence-corrected chi connectivity index (χ4v) is 1.20. The Morgan fingerprint density at radius 3 is 2.43 bits per heavy atom. The number of hydrogen-bond donors (Lipinski definition) is 1. The summed E-state index contributed by atoms with van der Waals surface area (Å²) in [5.41, 5.74) is -0.691. The van der Waals surface area contributed by atoms with Gasteiger partial charge in [-0.1, -0.05) is 6.92 Å². The highest BCUT2D eigenvalue weighted by molar-refractivity contribution is 5.73. The van der Waals surface area contributed by atoms with E-state index in [1.807, 2.05) is 6.92 Å². The van der Waals surface area contributed by atoms with Gasteiger partial charge in [-0.3, -0.25) is 4.79 Å². The van der Waals surface area contributed by atoms with Crippen LogP contribution in [0.4, 0.5) is 0 Å². The molecule has 0 bridgehead atoms. The van der Waals surface area contributed by atoms with Gasteiger partial charge in [-0.2, -0.15) is 0 Å². The lowest BCUT2D eigenvalue weighted by molar-refractivity contribution is -0.148. The molecule has 0 aliphatic carbocycles. The van der Waals surface area contributed by atoms with Crippen LogP contribution < -0.4 is 0 Å². The Morgan fingerprint density at radius 1 is 1.50 bits per heavy atom. The number of carboxylic acids is 1. The third kappa shape index (κ3) is 4.58. The Morgan fingerprint density at radius 2 is 2.07 bits per heavy atom. The van der Waals surface area contributed by atoms with Crippen LogP contribution in [-0.2, 0) is 9.53 Å². The maximum Gasteiger partial charge on any atom is 0.310 e. The molecule has 0 rings (SSSR count). The molecule has 0 fully saturated rings. The summed E-state index contributed by atoms with van der Waals surface area (Å²) in [5.74, 6) is -0.756. The minimum Gasteiger partial charge on any atom is -0.481 e. The van der Waals surface area contributed by atoms with Crippen LogP contribution in [0.2, 0.25) is 0 Å². The molecule has 0 saturated heterocycles. The Bertz CT molecular complexity index is 180. The summed E-state index contributed by atoms with van der Waals surface area (Å²) in [5, 5.41) is 8.95. The maximum atomic E-state index is 10.9. The van der Waals surface area contributed by atoms with Gasteiger partial charge in [-0.25, -0.2) is 0 Å². The van der Waals surface area contributed by atoms with Gasteiger partial charge >= 0.3 is 5.97 Å². The minimum atomic E-state index is -0.756. The van der Waals surface area contributed by atoms with Gasteiger partial charge in [0.2, 0.25) is 0 Å². The SMILES string of the molecule is CCN(CCOC)CC(C)(C)C(=O)O. The van der Waals surface area contributed by atoms with Crippen LogP contribution in [-0.4, -0.2) is 49.3 Å². The quantitative estimate of drug-likeness (QED) is 0.672. The number of methoxy groups -OCH3 is 1. The van der Waals surface area contributed by atoms with E-state index in [1.54, 1.807) is 21.0 Å². The summed E-state index contributed by atoms with van der Waals surface area (Å²) in [6, 6.07) is 0. The molecule has 0 heterocycles. The summed E-state index contributed by atoms with van der Waals surface area (Å²) in [7, 11) is 1.65. The topological polar surface area (TPSA) is 49.8 Å². The van der Waals surface area contributed by atoms with Crippen molar-refractivity contribution in [3.05, 3.63) is 0 Å². The predicted octanol–water partition coefficient (Wildman–Crippen LogP) is 1.07. The highest BCUT2D eigenvalue weighted by Crippen LogP contribution is 2.16. The standard InChI is InChI=1S/C10H21NO3/c1-5-11(6-7-14-4)8-10(2,3)9(12)13/h5-8H2,1-4H3,(H,12,13). The van der Waals surface area contributed by atoms with Crippen molar-refractivity contribution in [1.82, 2.24) is 4.90 Å². The second kappa shape index (κ2) is 5.98. The third-order valence-corrected chi connectivity index (χ3v) is 2.26. The van der Waals surface area contributed by atoms with Crippen LogP contribution in [0.15, 0.2) is 0 Å². The number of likely N-dealkylation sites (N-methyl/N-ethyl adjacent to an activating group) is 1. The van der Waals surface area contributed by atoms with Crippen molar-refractivity contribution in [1.29, 1.82) is 0 Å². The van der Waals surface area contributed by atoms with Gasteiger partial charge in [-0.15, -0.1) is 0 Å². The summed E-state index contributed by atoms with van der Waals surface area (Å²) < 4.78 is 4.96. The predicted molar refractivity (Wildman–Crippen MR) is 55.4 cm³/mol. The van der Waals surface area contributed by atoms with Gasteiger partial charge in [0.1, 0.15) is 0 Å². The molecular formula is C10H21NO3. The molecule has 0 atom stereocenters. The lowest BCUT2D eigenvalue weighted by Crippen LogP contribution is -2.40. The van der Waals surface area contributed by atoms with Crippen molar-refractivity contribution in [2.24, 2.45) is 5.41 Å². The number of rotatable bonds is 7. The van der Waals surface area contributed by atoms with E-state index < -0.39 is 11.4 Å². The summed E-state index contributed by atoms with van der Waals surface area (Å²) in [4.78, 5) is 13.0. The van der Waals surface area contributed by atoms with Crippen molar-refractivity contribution < 1.29 is 14.6 Å². The smallest absolute Gasteiger partial charge is 0.310 e. The minimum absolute atomic E-state index is 0.558. The van der Waals surface area contributed by atoms with E-state index in [0.717, 1.165) is 13.1 Å². The number of carbonyl (C=O) groups is 1. The maximum absolute atomic E-state index is 10.9. The molecule has 0 aromatic rings. The van der Waals surface area contributed by atoms with Crippen molar-refractivity contribution >= 4 is 5.97 Å². The first-order valence-electron chi connectivity index (χ1n) is 4.88. The van der Waals surface area contributed by atoms with Gasteiger partial charge in [0.15, 0.2) is 0 Å². The number of hydrogen-bond acceptors (Lipinski definition) is 3. The molecule has 84 valence electrons. The fourth-order valence-electron chi connectivity index (χ4n) is 1.20. The molecule has 4 nitrogen and oxygen atoms in total. The molecule has 0 radical (unpaired) electrons. The third-order valence-electron chi connectivity index (χ3n) is 2.26. The Labute approximate surface area is 85.9 Å². The molecule has 0 aromatic heterocycles. The summed E-state index contributed by atoms with van der Waals surface area (Å²) in [6.07, 6.45) is 0. The van der Waals surface area contributed by atoms with Gasteiger partial charge in [-0.05, 0) is 20.4 Å². The van der Waals surface area contributed by atoms with E-state index in [1.165, 1.54) is 0 Å². The zero-order valence-electron chi connectivity index (χ0n) is 9.54. The molecular weight excluding hydrogens is 182 g/mol. The van der Waals surface area contributed by atoms with Crippen LogP contribution in [0.25, 0.3) is 0 Å². The second-order valence-electron chi connectivity index (χ2n) is 4.05. The molecule has 14 heavy (non-hydrogen) atoms. The molecule has 4 heteroatoms. The van der Waals surface area contributed by atoms with E-state index in [4.69, 9.17) is 9.84 Å². The molecule has 0 aliphatic heterocycles.